The van der Waals surface area contributed by atoms with Gasteiger partial charge in [-0.3, -0.25) is 0 Å². The third kappa shape index (κ3) is 2.74. The summed E-state index contributed by atoms with van der Waals surface area (Å²) in [6.45, 7) is 9.23. The van der Waals surface area contributed by atoms with Crippen molar-refractivity contribution < 1.29 is 4.79 Å². The first-order chi connectivity index (χ1) is 7.47. The number of amides is 2. The van der Waals surface area contributed by atoms with Crippen molar-refractivity contribution in [1.82, 2.24) is 4.90 Å². The summed E-state index contributed by atoms with van der Waals surface area (Å²) < 4.78 is 0. The Morgan fingerprint density at radius 2 is 2.06 bits per heavy atom. The van der Waals surface area contributed by atoms with E-state index in [2.05, 4.69) is 32.7 Å². The van der Waals surface area contributed by atoms with E-state index in [-0.39, 0.29) is 12.1 Å². The van der Waals surface area contributed by atoms with E-state index in [1.165, 1.54) is 0 Å². The number of hydrogen-bond acceptors (Lipinski definition) is 2. The van der Waals surface area contributed by atoms with Crippen LogP contribution in [-0.2, 0) is 0 Å². The number of carbonyl (C=O) groups is 1. The first-order valence-corrected chi connectivity index (χ1v) is 6.12. The fourth-order valence-electron chi connectivity index (χ4n) is 2.32. The van der Waals surface area contributed by atoms with Crippen LogP contribution in [0.4, 0.5) is 4.79 Å². The van der Waals surface area contributed by atoms with Gasteiger partial charge in [0.1, 0.15) is 5.84 Å². The summed E-state index contributed by atoms with van der Waals surface area (Å²) in [5, 5.41) is 0. The summed E-state index contributed by atoms with van der Waals surface area (Å²) >= 11 is 0. The molecule has 2 atom stereocenters. The monoisotopic (exact) mass is 225 g/mol. The number of nitrogens with zero attached hydrogens (tertiary/aromatic N) is 2. The largest absolute Gasteiger partial charge is 0.385 e. The molecule has 1 heterocycles. The third-order valence-corrected chi connectivity index (χ3v) is 2.95. The highest BCUT2D eigenvalue weighted by Crippen LogP contribution is 2.23. The maximum atomic E-state index is 11.7. The second kappa shape index (κ2) is 5.32. The minimum Gasteiger partial charge on any atom is -0.385 e. The molecule has 0 saturated carbocycles. The number of carbonyl (C=O) groups excluding carboxylic acids is 1. The van der Waals surface area contributed by atoms with Crippen molar-refractivity contribution in [3.63, 3.8) is 0 Å². The molecule has 1 rings (SSSR count). The predicted octanol–water partition coefficient (Wildman–Crippen LogP) is 2.24. The Morgan fingerprint density at radius 3 is 2.56 bits per heavy atom. The van der Waals surface area contributed by atoms with Crippen LogP contribution in [0.3, 0.4) is 0 Å². The van der Waals surface area contributed by atoms with Gasteiger partial charge in [-0.05, 0) is 18.3 Å². The van der Waals surface area contributed by atoms with Crippen LogP contribution in [0.15, 0.2) is 4.99 Å². The molecule has 0 bridgehead atoms. The van der Waals surface area contributed by atoms with Crippen molar-refractivity contribution in [3.8, 4) is 0 Å². The average Bonchev–Trinajstić information content (AvgIpc) is 2.41. The minimum absolute atomic E-state index is 0.00912. The fraction of sp³-hybridized carbons (Fsp3) is 0.833. The zero-order chi connectivity index (χ0) is 12.3. The molecule has 4 nitrogen and oxygen atoms in total. The van der Waals surface area contributed by atoms with Crippen molar-refractivity contribution in [3.05, 3.63) is 0 Å². The van der Waals surface area contributed by atoms with Gasteiger partial charge in [-0.15, -0.1) is 0 Å². The van der Waals surface area contributed by atoms with Crippen LogP contribution < -0.4 is 5.73 Å². The van der Waals surface area contributed by atoms with Crippen molar-refractivity contribution in [1.29, 1.82) is 0 Å². The summed E-state index contributed by atoms with van der Waals surface area (Å²) in [5.41, 5.74) is 5.85. The van der Waals surface area contributed by atoms with Gasteiger partial charge < -0.3 is 10.6 Å². The number of urea groups is 1. The molecule has 0 fully saturated rings. The summed E-state index contributed by atoms with van der Waals surface area (Å²) in [6, 6.07) is -0.158. The van der Waals surface area contributed by atoms with Crippen molar-refractivity contribution in [2.24, 2.45) is 22.6 Å². The molecule has 0 aromatic carbocycles. The van der Waals surface area contributed by atoms with Crippen molar-refractivity contribution in [2.45, 2.75) is 46.6 Å². The van der Waals surface area contributed by atoms with E-state index in [4.69, 9.17) is 5.73 Å². The van der Waals surface area contributed by atoms with Crippen LogP contribution >= 0.6 is 0 Å². The van der Waals surface area contributed by atoms with Crippen LogP contribution in [0.25, 0.3) is 0 Å². The standard InChI is InChI=1S/C12H23N3O/c1-5-6-9(4)10-11(13)14-12(16)15(10)7-8(2)3/h8-10H,5-7H2,1-4H3,(H2,13,14,16). The first-order valence-electron chi connectivity index (χ1n) is 6.12. The van der Waals surface area contributed by atoms with Crippen LogP contribution in [0.2, 0.25) is 0 Å². The Hall–Kier alpha value is -1.06. The Bertz CT molecular complexity index is 286. The Morgan fingerprint density at radius 1 is 1.44 bits per heavy atom. The lowest BCUT2D eigenvalue weighted by atomic mass is 9.95. The van der Waals surface area contributed by atoms with Gasteiger partial charge in [-0.2, -0.15) is 4.99 Å². The Kier molecular flexibility index (Phi) is 4.33. The van der Waals surface area contributed by atoms with Gasteiger partial charge in [0, 0.05) is 6.54 Å². The van der Waals surface area contributed by atoms with Crippen LogP contribution in [-0.4, -0.2) is 29.4 Å². The molecular weight excluding hydrogens is 202 g/mol. The van der Waals surface area contributed by atoms with Crippen LogP contribution in [0, 0.1) is 11.8 Å². The summed E-state index contributed by atoms with van der Waals surface area (Å²) in [7, 11) is 0. The molecule has 0 aromatic heterocycles. The van der Waals surface area contributed by atoms with Gasteiger partial charge in [0.2, 0.25) is 0 Å². The van der Waals surface area contributed by atoms with Gasteiger partial charge in [0.15, 0.2) is 0 Å². The lowest BCUT2D eigenvalue weighted by Gasteiger charge is -2.30. The minimum atomic E-state index is -0.167. The molecule has 0 aromatic rings. The zero-order valence-corrected chi connectivity index (χ0v) is 10.7. The number of nitrogens with two attached hydrogens (primary N) is 1. The lowest BCUT2D eigenvalue weighted by Crippen LogP contribution is -2.46. The number of rotatable bonds is 5. The van der Waals surface area contributed by atoms with E-state index >= 15 is 0 Å². The van der Waals surface area contributed by atoms with E-state index in [1.54, 1.807) is 0 Å². The van der Waals surface area contributed by atoms with E-state index < -0.39 is 0 Å². The Labute approximate surface area is 97.9 Å². The second-order valence-electron chi connectivity index (χ2n) is 5.08. The van der Waals surface area contributed by atoms with E-state index in [0.717, 1.165) is 19.4 Å². The maximum absolute atomic E-state index is 11.7. The topological polar surface area (TPSA) is 58.7 Å². The first kappa shape index (κ1) is 13.0. The third-order valence-electron chi connectivity index (χ3n) is 2.95. The number of aliphatic imine (C=N–C) groups is 1. The van der Waals surface area contributed by atoms with Gasteiger partial charge in [-0.25, -0.2) is 4.79 Å². The van der Waals surface area contributed by atoms with Gasteiger partial charge >= 0.3 is 6.03 Å². The highest BCUT2D eigenvalue weighted by molar-refractivity contribution is 6.02. The molecule has 2 unspecified atom stereocenters. The summed E-state index contributed by atoms with van der Waals surface area (Å²) in [4.78, 5) is 17.4. The molecule has 0 saturated heterocycles. The average molecular weight is 225 g/mol. The second-order valence-corrected chi connectivity index (χ2v) is 5.08. The maximum Gasteiger partial charge on any atom is 0.345 e. The SMILES string of the molecule is CCCC(C)C1C(N)=NC(=O)N1CC(C)C. The zero-order valence-electron chi connectivity index (χ0n) is 10.7. The summed E-state index contributed by atoms with van der Waals surface area (Å²) in [6.07, 6.45) is 2.18. The van der Waals surface area contributed by atoms with Crippen molar-refractivity contribution in [2.75, 3.05) is 6.54 Å². The lowest BCUT2D eigenvalue weighted by molar-refractivity contribution is 0.181. The van der Waals surface area contributed by atoms with Gasteiger partial charge in [0.25, 0.3) is 0 Å². The normalized spacial score (nSPS) is 22.8. The number of amidine groups is 1. The van der Waals surface area contributed by atoms with Crippen molar-refractivity contribution >= 4 is 11.9 Å². The molecule has 0 radical (unpaired) electrons. The Balaban J connectivity index is 2.77. The van der Waals surface area contributed by atoms with Crippen LogP contribution in [0.1, 0.15) is 40.5 Å². The molecule has 1 aliphatic heterocycles. The van der Waals surface area contributed by atoms with E-state index in [0.29, 0.717) is 17.7 Å². The molecule has 2 N–H and O–H groups in total. The molecular formula is C12H23N3O. The molecule has 92 valence electrons. The molecule has 1 aliphatic rings. The molecule has 2 amide bonds. The number of hydrogen-bond donors (Lipinski definition) is 1. The highest BCUT2D eigenvalue weighted by Gasteiger charge is 2.36. The quantitative estimate of drug-likeness (QED) is 0.780. The van der Waals surface area contributed by atoms with Crippen LogP contribution in [0.5, 0.6) is 0 Å². The van der Waals surface area contributed by atoms with Gasteiger partial charge in [-0.1, -0.05) is 34.1 Å². The highest BCUT2D eigenvalue weighted by atomic mass is 16.2. The summed E-state index contributed by atoms with van der Waals surface area (Å²) in [5.74, 6) is 1.33. The van der Waals surface area contributed by atoms with E-state index in [9.17, 15) is 4.79 Å². The predicted molar refractivity (Wildman–Crippen MR) is 66.4 cm³/mol. The molecule has 0 aliphatic carbocycles. The fourth-order valence-corrected chi connectivity index (χ4v) is 2.32. The smallest absolute Gasteiger partial charge is 0.345 e. The molecule has 4 heteroatoms. The molecule has 16 heavy (non-hydrogen) atoms. The van der Waals surface area contributed by atoms with E-state index in [1.807, 2.05) is 4.90 Å². The molecule has 0 spiro atoms. The van der Waals surface area contributed by atoms with Gasteiger partial charge in [0.05, 0.1) is 6.04 Å².